The quantitative estimate of drug-likeness (QED) is 0.740. The molecule has 2 rings (SSSR count). The zero-order valence-corrected chi connectivity index (χ0v) is 9.66. The van der Waals surface area contributed by atoms with Crippen LogP contribution in [0.1, 0.15) is 24.5 Å². The first kappa shape index (κ1) is 11.1. The topological polar surface area (TPSA) is 87.9 Å². The lowest BCUT2D eigenvalue weighted by Gasteiger charge is -2.21. The molecule has 1 aliphatic rings. The highest BCUT2D eigenvalue weighted by atomic mass is 16.2. The van der Waals surface area contributed by atoms with Gasteiger partial charge in [0.15, 0.2) is 5.82 Å². The third-order valence-corrected chi connectivity index (χ3v) is 3.07. The number of hydrogen-bond donors (Lipinski definition) is 2. The molecule has 0 aliphatic heterocycles. The summed E-state index contributed by atoms with van der Waals surface area (Å²) < 4.78 is 0. The van der Waals surface area contributed by atoms with Crippen molar-refractivity contribution < 1.29 is 4.79 Å². The minimum Gasteiger partial charge on any atom is -0.338 e. The fourth-order valence-electron chi connectivity index (χ4n) is 1.80. The highest BCUT2D eigenvalue weighted by Gasteiger charge is 2.49. The molecule has 6 heteroatoms. The van der Waals surface area contributed by atoms with Crippen molar-refractivity contribution in [3.63, 3.8) is 0 Å². The lowest BCUT2D eigenvalue weighted by atomic mass is 10.1. The summed E-state index contributed by atoms with van der Waals surface area (Å²) >= 11 is 0. The summed E-state index contributed by atoms with van der Waals surface area (Å²) in [4.78, 5) is 17.9. The van der Waals surface area contributed by atoms with Crippen molar-refractivity contribution in [2.24, 2.45) is 11.1 Å². The van der Waals surface area contributed by atoms with Crippen LogP contribution in [-0.4, -0.2) is 39.6 Å². The fourth-order valence-corrected chi connectivity index (χ4v) is 1.80. The van der Waals surface area contributed by atoms with Crippen LogP contribution in [0.25, 0.3) is 0 Å². The van der Waals surface area contributed by atoms with E-state index in [0.717, 1.165) is 18.7 Å². The van der Waals surface area contributed by atoms with Gasteiger partial charge in [-0.2, -0.15) is 5.10 Å². The van der Waals surface area contributed by atoms with Crippen molar-refractivity contribution in [2.75, 3.05) is 13.6 Å². The van der Waals surface area contributed by atoms with Gasteiger partial charge >= 0.3 is 0 Å². The maximum atomic E-state index is 12.0. The highest BCUT2D eigenvalue weighted by molar-refractivity contribution is 5.85. The van der Waals surface area contributed by atoms with Crippen molar-refractivity contribution in [1.29, 1.82) is 0 Å². The minimum absolute atomic E-state index is 0.109. The second kappa shape index (κ2) is 3.86. The maximum absolute atomic E-state index is 12.0. The summed E-state index contributed by atoms with van der Waals surface area (Å²) in [5.41, 5.74) is 5.33. The van der Waals surface area contributed by atoms with E-state index < -0.39 is 0 Å². The van der Waals surface area contributed by atoms with E-state index >= 15 is 0 Å². The van der Waals surface area contributed by atoms with Crippen molar-refractivity contribution in [2.45, 2.75) is 26.3 Å². The van der Waals surface area contributed by atoms with Gasteiger partial charge in [0.2, 0.25) is 5.91 Å². The Bertz CT molecular complexity index is 396. The van der Waals surface area contributed by atoms with Gasteiger partial charge in [0.1, 0.15) is 5.82 Å². The van der Waals surface area contributed by atoms with Crippen LogP contribution in [0.2, 0.25) is 0 Å². The van der Waals surface area contributed by atoms with Crippen LogP contribution in [-0.2, 0) is 11.3 Å². The van der Waals surface area contributed by atoms with Gasteiger partial charge in [0, 0.05) is 13.6 Å². The Labute approximate surface area is 94.2 Å². The molecule has 0 radical (unpaired) electrons. The molecule has 3 N–H and O–H groups in total. The third-order valence-electron chi connectivity index (χ3n) is 3.07. The molecule has 0 unspecified atom stereocenters. The molecule has 0 aromatic carbocycles. The third kappa shape index (κ3) is 1.92. The first-order chi connectivity index (χ1) is 7.57. The van der Waals surface area contributed by atoms with Gasteiger partial charge in [-0.05, 0) is 19.8 Å². The van der Waals surface area contributed by atoms with Crippen molar-refractivity contribution in [3.8, 4) is 0 Å². The van der Waals surface area contributed by atoms with Crippen LogP contribution in [0.4, 0.5) is 0 Å². The number of aromatic amines is 1. The molecular weight excluding hydrogens is 206 g/mol. The van der Waals surface area contributed by atoms with Crippen LogP contribution in [0, 0.1) is 12.3 Å². The first-order valence-corrected chi connectivity index (χ1v) is 5.41. The zero-order valence-electron chi connectivity index (χ0n) is 9.66. The Morgan fingerprint density at radius 2 is 2.31 bits per heavy atom. The summed E-state index contributed by atoms with van der Waals surface area (Å²) in [5.74, 6) is 1.51. The Balaban J connectivity index is 1.98. The lowest BCUT2D eigenvalue weighted by Crippen LogP contribution is -2.37. The van der Waals surface area contributed by atoms with E-state index in [1.165, 1.54) is 0 Å². The standard InChI is InChI=1S/C10H17N5O/c1-7-12-8(14-13-7)5-15(2)9(16)10(6-11)3-4-10/h3-6,11H2,1-2H3,(H,12,13,14). The smallest absolute Gasteiger partial charge is 0.230 e. The molecule has 1 fully saturated rings. The van der Waals surface area contributed by atoms with Gasteiger partial charge in [-0.15, -0.1) is 0 Å². The molecule has 6 nitrogen and oxygen atoms in total. The molecule has 1 aromatic heterocycles. The summed E-state index contributed by atoms with van der Waals surface area (Å²) in [5, 5.41) is 6.76. The number of carbonyl (C=O) groups is 1. The molecule has 0 atom stereocenters. The number of aromatic nitrogens is 3. The number of nitrogens with zero attached hydrogens (tertiary/aromatic N) is 3. The molecule has 1 heterocycles. The number of nitrogens with one attached hydrogen (secondary N) is 1. The monoisotopic (exact) mass is 223 g/mol. The molecule has 0 spiro atoms. The Kier molecular flexibility index (Phi) is 2.67. The molecule has 1 aromatic rings. The Hall–Kier alpha value is -1.43. The molecule has 1 amide bonds. The largest absolute Gasteiger partial charge is 0.338 e. The first-order valence-electron chi connectivity index (χ1n) is 5.41. The number of H-pyrrole nitrogens is 1. The van der Waals surface area contributed by atoms with Gasteiger partial charge < -0.3 is 10.6 Å². The molecule has 1 aliphatic carbocycles. The summed E-state index contributed by atoms with van der Waals surface area (Å²) in [6, 6.07) is 0. The molecule has 1 saturated carbocycles. The van der Waals surface area contributed by atoms with Gasteiger partial charge in [-0.3, -0.25) is 9.89 Å². The number of amides is 1. The fraction of sp³-hybridized carbons (Fsp3) is 0.700. The van der Waals surface area contributed by atoms with Crippen LogP contribution >= 0.6 is 0 Å². The van der Waals surface area contributed by atoms with Gasteiger partial charge in [-0.1, -0.05) is 0 Å². The molecule has 0 saturated heterocycles. The van der Waals surface area contributed by atoms with E-state index in [0.29, 0.717) is 18.9 Å². The second-order valence-corrected chi connectivity index (χ2v) is 4.48. The van der Waals surface area contributed by atoms with Crippen molar-refractivity contribution >= 4 is 5.91 Å². The van der Waals surface area contributed by atoms with E-state index in [-0.39, 0.29) is 11.3 Å². The van der Waals surface area contributed by atoms with Crippen molar-refractivity contribution in [1.82, 2.24) is 20.1 Å². The lowest BCUT2D eigenvalue weighted by molar-refractivity contribution is -0.135. The van der Waals surface area contributed by atoms with Crippen LogP contribution in [0.15, 0.2) is 0 Å². The number of rotatable bonds is 4. The predicted molar refractivity (Wildman–Crippen MR) is 58.3 cm³/mol. The number of nitrogens with two attached hydrogens (primary N) is 1. The van der Waals surface area contributed by atoms with E-state index in [2.05, 4.69) is 15.2 Å². The Morgan fingerprint density at radius 1 is 1.62 bits per heavy atom. The SMILES string of the molecule is Cc1nc(CN(C)C(=O)C2(CN)CC2)n[nH]1. The maximum Gasteiger partial charge on any atom is 0.230 e. The summed E-state index contributed by atoms with van der Waals surface area (Å²) in [6.07, 6.45) is 1.80. The number of carbonyl (C=O) groups excluding carboxylic acids is 1. The average Bonchev–Trinajstić information content (AvgIpc) is 2.97. The summed E-state index contributed by atoms with van der Waals surface area (Å²) in [7, 11) is 1.77. The van der Waals surface area contributed by atoms with Gasteiger partial charge in [0.25, 0.3) is 0 Å². The minimum atomic E-state index is -0.292. The van der Waals surface area contributed by atoms with Gasteiger partial charge in [0.05, 0.1) is 12.0 Å². The van der Waals surface area contributed by atoms with Crippen LogP contribution in [0.5, 0.6) is 0 Å². The van der Waals surface area contributed by atoms with E-state index in [1.54, 1.807) is 11.9 Å². The predicted octanol–water partition coefficient (Wildman–Crippen LogP) is -0.190. The van der Waals surface area contributed by atoms with Crippen molar-refractivity contribution in [3.05, 3.63) is 11.6 Å². The van der Waals surface area contributed by atoms with Crippen LogP contribution in [0.3, 0.4) is 0 Å². The normalized spacial score (nSPS) is 17.2. The molecule has 0 bridgehead atoms. The van der Waals surface area contributed by atoms with E-state index in [9.17, 15) is 4.79 Å². The second-order valence-electron chi connectivity index (χ2n) is 4.48. The molecular formula is C10H17N5O. The zero-order chi connectivity index (χ0) is 11.8. The summed E-state index contributed by atoms with van der Waals surface area (Å²) in [6.45, 7) is 2.70. The number of hydrogen-bond acceptors (Lipinski definition) is 4. The molecule has 88 valence electrons. The van der Waals surface area contributed by atoms with E-state index in [1.807, 2.05) is 6.92 Å². The molecule has 16 heavy (non-hydrogen) atoms. The van der Waals surface area contributed by atoms with Crippen LogP contribution < -0.4 is 5.73 Å². The Morgan fingerprint density at radius 3 is 2.75 bits per heavy atom. The number of aryl methyl sites for hydroxylation is 1. The van der Waals surface area contributed by atoms with E-state index in [4.69, 9.17) is 5.73 Å². The van der Waals surface area contributed by atoms with Gasteiger partial charge in [-0.25, -0.2) is 4.98 Å². The highest BCUT2D eigenvalue weighted by Crippen LogP contribution is 2.46. The average molecular weight is 223 g/mol.